The van der Waals surface area contributed by atoms with E-state index in [1.807, 2.05) is 0 Å². The lowest BCUT2D eigenvalue weighted by molar-refractivity contribution is 0.0694. The highest BCUT2D eigenvalue weighted by molar-refractivity contribution is 5.93. The third-order valence-corrected chi connectivity index (χ3v) is 5.05. The standard InChI is InChI=1S/C18H22N8O3/c1-26-16-14(24-25-26)15(20-11-6-7-13(27)12(8-11)17(28)29)22-18(23-16)21-10-4-2-9(19)3-5-10/h6-10,27H,2-5,19H2,1H3,(H,28,29)(H2,20,21,22,23). The first-order chi connectivity index (χ1) is 13.9. The third-order valence-electron chi connectivity index (χ3n) is 5.05. The molecule has 0 aliphatic heterocycles. The molecular weight excluding hydrogens is 376 g/mol. The molecule has 2 aromatic heterocycles. The van der Waals surface area contributed by atoms with Crippen LogP contribution in [-0.4, -0.2) is 53.2 Å². The Morgan fingerprint density at radius 2 is 2.00 bits per heavy atom. The smallest absolute Gasteiger partial charge is 0.339 e. The summed E-state index contributed by atoms with van der Waals surface area (Å²) in [5, 5.41) is 33.5. The Morgan fingerprint density at radius 3 is 2.72 bits per heavy atom. The Bertz CT molecular complexity index is 1060. The van der Waals surface area contributed by atoms with Crippen LogP contribution in [0, 0.1) is 0 Å². The average Bonchev–Trinajstić information content (AvgIpc) is 3.06. The Hall–Kier alpha value is -3.47. The van der Waals surface area contributed by atoms with Gasteiger partial charge in [0.25, 0.3) is 0 Å². The van der Waals surface area contributed by atoms with E-state index in [2.05, 4.69) is 30.9 Å². The predicted octanol–water partition coefficient (Wildman–Crippen LogP) is 1.59. The van der Waals surface area contributed by atoms with Crippen LogP contribution in [-0.2, 0) is 7.05 Å². The number of hydrogen-bond donors (Lipinski definition) is 5. The molecule has 0 amide bonds. The van der Waals surface area contributed by atoms with Crippen molar-refractivity contribution in [3.8, 4) is 5.75 Å². The predicted molar refractivity (Wildman–Crippen MR) is 106 cm³/mol. The van der Waals surface area contributed by atoms with Gasteiger partial charge in [-0.15, -0.1) is 5.10 Å². The number of carbonyl (C=O) groups is 1. The molecule has 0 spiro atoms. The zero-order valence-corrected chi connectivity index (χ0v) is 15.8. The van der Waals surface area contributed by atoms with Gasteiger partial charge in [-0.1, -0.05) is 5.21 Å². The number of phenols is 1. The van der Waals surface area contributed by atoms with Crippen LogP contribution in [0.15, 0.2) is 18.2 Å². The first kappa shape index (κ1) is 18.9. The number of aryl methyl sites for hydroxylation is 1. The lowest BCUT2D eigenvalue weighted by Crippen LogP contribution is -2.33. The SMILES string of the molecule is Cn1nnc2c(Nc3ccc(O)c(C(=O)O)c3)nc(NC3CCC(N)CC3)nc21. The maximum absolute atomic E-state index is 11.3. The van der Waals surface area contributed by atoms with E-state index in [9.17, 15) is 15.0 Å². The van der Waals surface area contributed by atoms with Crippen LogP contribution in [0.25, 0.3) is 11.2 Å². The number of aromatic nitrogens is 5. The van der Waals surface area contributed by atoms with Crippen LogP contribution < -0.4 is 16.4 Å². The average molecular weight is 398 g/mol. The molecule has 0 atom stereocenters. The molecular formula is C18H22N8O3. The fraction of sp³-hybridized carbons (Fsp3) is 0.389. The number of hydrogen-bond acceptors (Lipinski definition) is 9. The summed E-state index contributed by atoms with van der Waals surface area (Å²) in [6.07, 6.45) is 3.78. The fourth-order valence-corrected chi connectivity index (χ4v) is 3.43. The van der Waals surface area contributed by atoms with Crippen molar-refractivity contribution in [3.05, 3.63) is 23.8 Å². The van der Waals surface area contributed by atoms with Gasteiger partial charge in [0.05, 0.1) is 0 Å². The van der Waals surface area contributed by atoms with Crippen LogP contribution in [0.3, 0.4) is 0 Å². The Balaban J connectivity index is 1.66. The molecule has 11 heteroatoms. The molecule has 0 saturated heterocycles. The second-order valence-electron chi connectivity index (χ2n) is 7.20. The van der Waals surface area contributed by atoms with E-state index in [4.69, 9.17) is 5.73 Å². The van der Waals surface area contributed by atoms with E-state index in [1.165, 1.54) is 12.1 Å². The first-order valence-corrected chi connectivity index (χ1v) is 9.33. The molecule has 6 N–H and O–H groups in total. The number of rotatable bonds is 5. The summed E-state index contributed by atoms with van der Waals surface area (Å²) in [6, 6.07) is 4.67. The highest BCUT2D eigenvalue weighted by Gasteiger charge is 2.21. The summed E-state index contributed by atoms with van der Waals surface area (Å²) >= 11 is 0. The van der Waals surface area contributed by atoms with Crippen molar-refractivity contribution in [1.29, 1.82) is 0 Å². The number of nitrogens with zero attached hydrogens (tertiary/aromatic N) is 5. The minimum absolute atomic E-state index is 0.212. The van der Waals surface area contributed by atoms with Gasteiger partial charge in [0.1, 0.15) is 11.3 Å². The molecule has 152 valence electrons. The second kappa shape index (κ2) is 7.51. The molecule has 11 nitrogen and oxygen atoms in total. The molecule has 29 heavy (non-hydrogen) atoms. The lowest BCUT2D eigenvalue weighted by Gasteiger charge is -2.26. The summed E-state index contributed by atoms with van der Waals surface area (Å²) in [6.45, 7) is 0. The van der Waals surface area contributed by atoms with Crippen molar-refractivity contribution in [3.63, 3.8) is 0 Å². The van der Waals surface area contributed by atoms with Gasteiger partial charge in [-0.3, -0.25) is 0 Å². The Morgan fingerprint density at radius 1 is 1.24 bits per heavy atom. The molecule has 0 bridgehead atoms. The van der Waals surface area contributed by atoms with E-state index >= 15 is 0 Å². The van der Waals surface area contributed by atoms with Crippen LogP contribution in [0.5, 0.6) is 5.75 Å². The number of nitrogens with one attached hydrogen (secondary N) is 2. The number of anilines is 3. The first-order valence-electron chi connectivity index (χ1n) is 9.33. The molecule has 1 aliphatic rings. The summed E-state index contributed by atoms with van der Waals surface area (Å²) < 4.78 is 1.55. The van der Waals surface area contributed by atoms with E-state index in [1.54, 1.807) is 17.8 Å². The van der Waals surface area contributed by atoms with E-state index in [0.29, 0.717) is 28.6 Å². The number of carboxylic acids is 1. The number of benzene rings is 1. The van der Waals surface area contributed by atoms with Crippen molar-refractivity contribution in [2.24, 2.45) is 12.8 Å². The number of nitrogens with two attached hydrogens (primary N) is 1. The van der Waals surface area contributed by atoms with Crippen LogP contribution in [0.1, 0.15) is 36.0 Å². The van der Waals surface area contributed by atoms with Gasteiger partial charge in [0.15, 0.2) is 17.0 Å². The van der Waals surface area contributed by atoms with Crippen molar-refractivity contribution < 1.29 is 15.0 Å². The maximum atomic E-state index is 11.3. The van der Waals surface area contributed by atoms with Crippen molar-refractivity contribution >= 4 is 34.6 Å². The quantitative estimate of drug-likeness (QED) is 0.398. The van der Waals surface area contributed by atoms with Gasteiger partial charge in [-0.05, 0) is 43.9 Å². The van der Waals surface area contributed by atoms with E-state index in [0.717, 1.165) is 25.7 Å². The normalized spacial score (nSPS) is 19.2. The molecule has 0 radical (unpaired) electrons. The number of fused-ring (bicyclic) bond motifs is 1. The zero-order chi connectivity index (χ0) is 20.5. The van der Waals surface area contributed by atoms with Crippen molar-refractivity contribution in [1.82, 2.24) is 25.0 Å². The van der Waals surface area contributed by atoms with E-state index < -0.39 is 5.97 Å². The van der Waals surface area contributed by atoms with Gasteiger partial charge in [-0.2, -0.15) is 9.97 Å². The highest BCUT2D eigenvalue weighted by atomic mass is 16.4. The Labute approximate surface area is 166 Å². The molecule has 2 heterocycles. The minimum Gasteiger partial charge on any atom is -0.507 e. The number of aromatic hydroxyl groups is 1. The summed E-state index contributed by atoms with van der Waals surface area (Å²) in [7, 11) is 1.73. The number of aromatic carboxylic acids is 1. The highest BCUT2D eigenvalue weighted by Crippen LogP contribution is 2.28. The molecule has 1 saturated carbocycles. The van der Waals surface area contributed by atoms with Crippen molar-refractivity contribution in [2.75, 3.05) is 10.6 Å². The van der Waals surface area contributed by atoms with Gasteiger partial charge < -0.3 is 26.6 Å². The molecule has 0 unspecified atom stereocenters. The van der Waals surface area contributed by atoms with Gasteiger partial charge >= 0.3 is 5.97 Å². The molecule has 1 aliphatic carbocycles. The third kappa shape index (κ3) is 3.90. The summed E-state index contributed by atoms with van der Waals surface area (Å²) in [5.41, 5.74) is 7.20. The molecule has 1 aromatic carbocycles. The molecule has 1 fully saturated rings. The van der Waals surface area contributed by atoms with Crippen LogP contribution in [0.4, 0.5) is 17.5 Å². The monoisotopic (exact) mass is 398 g/mol. The summed E-state index contributed by atoms with van der Waals surface area (Å²) in [5.74, 6) is -0.715. The largest absolute Gasteiger partial charge is 0.507 e. The zero-order valence-electron chi connectivity index (χ0n) is 15.8. The van der Waals surface area contributed by atoms with Crippen molar-refractivity contribution in [2.45, 2.75) is 37.8 Å². The molecule has 4 rings (SSSR count). The summed E-state index contributed by atoms with van der Waals surface area (Å²) in [4.78, 5) is 20.3. The van der Waals surface area contributed by atoms with Gasteiger partial charge in [0, 0.05) is 24.8 Å². The lowest BCUT2D eigenvalue weighted by atomic mass is 9.92. The maximum Gasteiger partial charge on any atom is 0.339 e. The van der Waals surface area contributed by atoms with Gasteiger partial charge in [-0.25, -0.2) is 9.48 Å². The number of carboxylic acid groups (broad SMARTS) is 1. The fourth-order valence-electron chi connectivity index (χ4n) is 3.43. The Kier molecular flexibility index (Phi) is 4.89. The van der Waals surface area contributed by atoms with Gasteiger partial charge in [0.2, 0.25) is 5.95 Å². The topological polar surface area (TPSA) is 164 Å². The van der Waals surface area contributed by atoms with Crippen LogP contribution >= 0.6 is 0 Å². The van der Waals surface area contributed by atoms with E-state index in [-0.39, 0.29) is 23.4 Å². The second-order valence-corrected chi connectivity index (χ2v) is 7.20. The molecule has 3 aromatic rings. The van der Waals surface area contributed by atoms with Crippen LogP contribution in [0.2, 0.25) is 0 Å². The minimum atomic E-state index is -1.23.